The summed E-state index contributed by atoms with van der Waals surface area (Å²) < 4.78 is 78.5. The number of rotatable bonds is 4. The van der Waals surface area contributed by atoms with Crippen LogP contribution in [-0.2, 0) is 17.1 Å². The molecule has 0 radical (unpaired) electrons. The predicted octanol–water partition coefficient (Wildman–Crippen LogP) is 4.82. The van der Waals surface area contributed by atoms with Crippen molar-refractivity contribution in [2.75, 3.05) is 10.6 Å². The van der Waals surface area contributed by atoms with Gasteiger partial charge in [-0.3, -0.25) is 9.59 Å². The molecule has 3 aromatic rings. The van der Waals surface area contributed by atoms with E-state index >= 15 is 0 Å². The molecule has 3 rings (SSSR count). The Morgan fingerprint density at radius 2 is 1.52 bits per heavy atom. The molecular formula is C20H15F6N5O2. The Bertz CT molecular complexity index is 1200. The first kappa shape index (κ1) is 23.8. The van der Waals surface area contributed by atoms with Crippen molar-refractivity contribution in [2.45, 2.75) is 26.2 Å². The number of anilines is 2. The van der Waals surface area contributed by atoms with Crippen molar-refractivity contribution in [1.82, 2.24) is 14.8 Å². The van der Waals surface area contributed by atoms with Gasteiger partial charge < -0.3 is 10.6 Å². The zero-order valence-electron chi connectivity index (χ0n) is 17.0. The highest BCUT2D eigenvalue weighted by Gasteiger charge is 2.32. The summed E-state index contributed by atoms with van der Waals surface area (Å²) in [6.45, 7) is 2.58. The first-order valence-electron chi connectivity index (χ1n) is 9.16. The zero-order chi connectivity index (χ0) is 24.6. The third-order valence-corrected chi connectivity index (χ3v) is 4.45. The lowest BCUT2D eigenvalue weighted by molar-refractivity contribution is -0.138. The van der Waals surface area contributed by atoms with Crippen LogP contribution in [0.15, 0.2) is 42.7 Å². The number of carbonyl (C=O) groups is 2. The van der Waals surface area contributed by atoms with Crippen LogP contribution < -0.4 is 10.6 Å². The molecule has 2 N–H and O–H groups in total. The minimum absolute atomic E-state index is 0.00226. The molecule has 33 heavy (non-hydrogen) atoms. The number of halogens is 6. The highest BCUT2D eigenvalue weighted by molar-refractivity contribution is 6.07. The van der Waals surface area contributed by atoms with E-state index in [-0.39, 0.29) is 28.5 Å². The second kappa shape index (κ2) is 8.56. The van der Waals surface area contributed by atoms with Gasteiger partial charge in [-0.15, -0.1) is 0 Å². The molecule has 174 valence electrons. The van der Waals surface area contributed by atoms with E-state index in [1.807, 2.05) is 0 Å². The van der Waals surface area contributed by atoms with Crippen LogP contribution in [0.3, 0.4) is 0 Å². The molecule has 0 aliphatic carbocycles. The van der Waals surface area contributed by atoms with E-state index in [0.717, 1.165) is 42.1 Å². The number of pyridine rings is 1. The van der Waals surface area contributed by atoms with Gasteiger partial charge in [-0.25, -0.2) is 9.67 Å². The number of carbonyl (C=O) groups excluding carboxylic acids is 2. The lowest BCUT2D eigenvalue weighted by Crippen LogP contribution is -2.17. The van der Waals surface area contributed by atoms with Crippen LogP contribution in [-0.4, -0.2) is 26.6 Å². The number of nitrogens with zero attached hydrogens (tertiary/aromatic N) is 3. The van der Waals surface area contributed by atoms with Crippen LogP contribution in [0, 0.1) is 6.92 Å². The van der Waals surface area contributed by atoms with Gasteiger partial charge >= 0.3 is 12.4 Å². The number of benzene rings is 1. The van der Waals surface area contributed by atoms with E-state index in [1.165, 1.54) is 6.92 Å². The Morgan fingerprint density at radius 1 is 0.879 bits per heavy atom. The molecule has 0 saturated heterocycles. The summed E-state index contributed by atoms with van der Waals surface area (Å²) in [6.07, 6.45) is -7.57. The maximum atomic E-state index is 13.1. The van der Waals surface area contributed by atoms with Crippen molar-refractivity contribution in [3.63, 3.8) is 0 Å². The summed E-state index contributed by atoms with van der Waals surface area (Å²) in [5, 5.41) is 8.56. The summed E-state index contributed by atoms with van der Waals surface area (Å²) in [4.78, 5) is 27.8. The normalized spacial score (nSPS) is 11.9. The predicted molar refractivity (Wildman–Crippen MR) is 105 cm³/mol. The summed E-state index contributed by atoms with van der Waals surface area (Å²) >= 11 is 0. The first-order valence-corrected chi connectivity index (χ1v) is 9.16. The van der Waals surface area contributed by atoms with Crippen LogP contribution in [0.1, 0.15) is 34.1 Å². The van der Waals surface area contributed by atoms with E-state index in [9.17, 15) is 35.9 Å². The van der Waals surface area contributed by atoms with Crippen molar-refractivity contribution in [3.05, 3.63) is 65.1 Å². The van der Waals surface area contributed by atoms with Gasteiger partial charge in [0.1, 0.15) is 0 Å². The van der Waals surface area contributed by atoms with Gasteiger partial charge in [-0.1, -0.05) is 0 Å². The Kier molecular flexibility index (Phi) is 6.16. The quantitative estimate of drug-likeness (QED) is 0.534. The van der Waals surface area contributed by atoms with Crippen LogP contribution in [0.4, 0.5) is 37.7 Å². The standard InChI is InChI=1S/C20H15F6N5O2/c1-10-14(9-28-31(10)17-6-4-13(8-27-17)20(24,25)26)18(33)30-16-7-12(19(21,22)23)3-5-15(16)29-11(2)32/h3-9H,1-2H3,(H,29,32)(H,30,33). The fourth-order valence-corrected chi connectivity index (χ4v) is 2.85. The molecule has 2 heterocycles. The SMILES string of the molecule is CC(=O)Nc1ccc(C(F)(F)F)cc1NC(=O)c1cnn(-c2ccc(C(F)(F)F)cn2)c1C. The summed E-state index contributed by atoms with van der Waals surface area (Å²) in [6, 6.07) is 4.28. The molecule has 13 heteroatoms. The summed E-state index contributed by atoms with van der Waals surface area (Å²) in [5.74, 6) is -1.42. The topological polar surface area (TPSA) is 88.9 Å². The molecule has 0 aliphatic heterocycles. The molecule has 2 aromatic heterocycles. The number of amides is 2. The second-order valence-electron chi connectivity index (χ2n) is 6.85. The maximum absolute atomic E-state index is 13.1. The lowest BCUT2D eigenvalue weighted by atomic mass is 10.1. The number of nitrogens with one attached hydrogen (secondary N) is 2. The fraction of sp³-hybridized carbons (Fsp3) is 0.200. The van der Waals surface area contributed by atoms with Crippen LogP contribution in [0.2, 0.25) is 0 Å². The highest BCUT2D eigenvalue weighted by atomic mass is 19.4. The van der Waals surface area contributed by atoms with Crippen molar-refractivity contribution in [1.29, 1.82) is 0 Å². The van der Waals surface area contributed by atoms with Crippen molar-refractivity contribution in [2.24, 2.45) is 0 Å². The monoisotopic (exact) mass is 471 g/mol. The first-order chi connectivity index (χ1) is 15.3. The van der Waals surface area contributed by atoms with Gasteiger partial charge in [0.15, 0.2) is 5.82 Å². The number of aromatic nitrogens is 3. The Hall–Kier alpha value is -3.90. The van der Waals surface area contributed by atoms with E-state index in [2.05, 4.69) is 20.7 Å². The van der Waals surface area contributed by atoms with Crippen LogP contribution >= 0.6 is 0 Å². The van der Waals surface area contributed by atoms with Gasteiger partial charge in [0, 0.05) is 13.1 Å². The molecule has 0 spiro atoms. The molecular weight excluding hydrogens is 456 g/mol. The Balaban J connectivity index is 1.91. The minimum Gasteiger partial charge on any atom is -0.325 e. The van der Waals surface area contributed by atoms with Gasteiger partial charge in [0.2, 0.25) is 5.91 Å². The molecule has 1 aromatic carbocycles. The van der Waals surface area contributed by atoms with Gasteiger partial charge in [0.25, 0.3) is 5.91 Å². The van der Waals surface area contributed by atoms with E-state index < -0.39 is 35.3 Å². The average Bonchev–Trinajstić information content (AvgIpc) is 3.09. The Morgan fingerprint density at radius 3 is 2.06 bits per heavy atom. The molecule has 0 saturated carbocycles. The molecule has 0 atom stereocenters. The Labute approximate surface area is 182 Å². The molecule has 0 fully saturated rings. The smallest absolute Gasteiger partial charge is 0.325 e. The maximum Gasteiger partial charge on any atom is 0.417 e. The van der Waals surface area contributed by atoms with Crippen molar-refractivity contribution < 1.29 is 35.9 Å². The van der Waals surface area contributed by atoms with Gasteiger partial charge in [-0.05, 0) is 37.3 Å². The lowest BCUT2D eigenvalue weighted by Gasteiger charge is -2.15. The zero-order valence-corrected chi connectivity index (χ0v) is 17.0. The average molecular weight is 471 g/mol. The molecule has 0 bridgehead atoms. The number of hydrogen-bond acceptors (Lipinski definition) is 4. The van der Waals surface area contributed by atoms with E-state index in [4.69, 9.17) is 0 Å². The molecule has 7 nitrogen and oxygen atoms in total. The van der Waals surface area contributed by atoms with E-state index in [0.29, 0.717) is 12.3 Å². The summed E-state index contributed by atoms with van der Waals surface area (Å²) in [5.41, 5.74) is -2.27. The van der Waals surface area contributed by atoms with Crippen molar-refractivity contribution >= 4 is 23.2 Å². The van der Waals surface area contributed by atoms with E-state index in [1.54, 1.807) is 0 Å². The van der Waals surface area contributed by atoms with Crippen LogP contribution in [0.25, 0.3) is 5.82 Å². The van der Waals surface area contributed by atoms with Gasteiger partial charge in [-0.2, -0.15) is 31.4 Å². The third kappa shape index (κ3) is 5.30. The molecule has 0 aliphatic rings. The van der Waals surface area contributed by atoms with Crippen LogP contribution in [0.5, 0.6) is 0 Å². The van der Waals surface area contributed by atoms with Crippen molar-refractivity contribution in [3.8, 4) is 5.82 Å². The van der Waals surface area contributed by atoms with Gasteiger partial charge in [0.05, 0.1) is 40.0 Å². The number of hydrogen-bond donors (Lipinski definition) is 2. The molecule has 2 amide bonds. The molecule has 0 unspecified atom stereocenters. The third-order valence-electron chi connectivity index (χ3n) is 4.45. The summed E-state index contributed by atoms with van der Waals surface area (Å²) in [7, 11) is 0. The largest absolute Gasteiger partial charge is 0.417 e. The number of alkyl halides is 6. The fourth-order valence-electron chi connectivity index (χ4n) is 2.85. The minimum atomic E-state index is -4.69. The second-order valence-corrected chi connectivity index (χ2v) is 6.85. The highest BCUT2D eigenvalue weighted by Crippen LogP contribution is 2.34.